The average molecular weight is 265 g/mol. The summed E-state index contributed by atoms with van der Waals surface area (Å²) in [6.07, 6.45) is 0. The number of rotatable bonds is 7. The zero-order chi connectivity index (χ0) is 13.5. The number of likely N-dealkylation sites (N-methyl/N-ethyl adjacent to an activating group) is 2. The lowest BCUT2D eigenvalue weighted by Gasteiger charge is -2.26. The lowest BCUT2D eigenvalue weighted by molar-refractivity contribution is 0.311. The van der Waals surface area contributed by atoms with Crippen LogP contribution in [0, 0.1) is 0 Å². The van der Waals surface area contributed by atoms with Crippen molar-refractivity contribution in [2.75, 3.05) is 38.1 Å². The maximum Gasteiger partial charge on any atom is 0.106 e. The van der Waals surface area contributed by atoms with Gasteiger partial charge in [-0.15, -0.1) is 0 Å². The highest BCUT2D eigenvalue weighted by atomic mass is 32.1. The van der Waals surface area contributed by atoms with Crippen molar-refractivity contribution in [2.45, 2.75) is 13.8 Å². The van der Waals surface area contributed by atoms with E-state index in [2.05, 4.69) is 36.8 Å². The van der Waals surface area contributed by atoms with Crippen molar-refractivity contribution in [3.05, 3.63) is 29.8 Å². The summed E-state index contributed by atoms with van der Waals surface area (Å²) < 4.78 is 0. The topological polar surface area (TPSA) is 32.5 Å². The smallest absolute Gasteiger partial charge is 0.106 e. The molecule has 0 bridgehead atoms. The van der Waals surface area contributed by atoms with E-state index in [-0.39, 0.29) is 0 Å². The van der Waals surface area contributed by atoms with E-state index < -0.39 is 0 Å². The number of anilines is 1. The molecule has 0 amide bonds. The molecule has 0 aliphatic heterocycles. The van der Waals surface area contributed by atoms with Gasteiger partial charge in [-0.2, -0.15) is 0 Å². The molecule has 0 aromatic heterocycles. The van der Waals surface area contributed by atoms with Crippen LogP contribution >= 0.6 is 12.2 Å². The third-order valence-electron chi connectivity index (χ3n) is 3.23. The number of nitrogens with two attached hydrogens (primary N) is 1. The fraction of sp³-hybridized carbons (Fsp3) is 0.500. The third-order valence-corrected chi connectivity index (χ3v) is 3.45. The van der Waals surface area contributed by atoms with Crippen molar-refractivity contribution >= 4 is 22.9 Å². The van der Waals surface area contributed by atoms with E-state index >= 15 is 0 Å². The van der Waals surface area contributed by atoms with Crippen LogP contribution in [0.5, 0.6) is 0 Å². The van der Waals surface area contributed by atoms with Crippen molar-refractivity contribution in [3.8, 4) is 0 Å². The molecule has 0 heterocycles. The molecule has 0 unspecified atom stereocenters. The van der Waals surface area contributed by atoms with E-state index in [4.69, 9.17) is 18.0 Å². The largest absolute Gasteiger partial charge is 0.389 e. The second-order valence-electron chi connectivity index (χ2n) is 4.33. The SMILES string of the molecule is CCN(CC)CCN(C)c1ccccc1C(N)=S. The van der Waals surface area contributed by atoms with E-state index in [1.807, 2.05) is 18.2 Å². The summed E-state index contributed by atoms with van der Waals surface area (Å²) in [6, 6.07) is 8.03. The minimum atomic E-state index is 0.459. The molecule has 2 N–H and O–H groups in total. The van der Waals surface area contributed by atoms with Crippen LogP contribution in [0.2, 0.25) is 0 Å². The van der Waals surface area contributed by atoms with Crippen LogP contribution < -0.4 is 10.6 Å². The number of hydrogen-bond donors (Lipinski definition) is 1. The van der Waals surface area contributed by atoms with E-state index in [9.17, 15) is 0 Å². The Morgan fingerprint density at radius 3 is 2.33 bits per heavy atom. The molecule has 0 radical (unpaired) electrons. The Bertz CT molecular complexity index is 388. The van der Waals surface area contributed by atoms with Gasteiger partial charge < -0.3 is 15.5 Å². The molecule has 0 aliphatic carbocycles. The molecular formula is C14H23N3S. The fourth-order valence-corrected chi connectivity index (χ4v) is 2.14. The fourth-order valence-electron chi connectivity index (χ4n) is 1.97. The molecule has 100 valence electrons. The predicted molar refractivity (Wildman–Crippen MR) is 83.4 cm³/mol. The van der Waals surface area contributed by atoms with Crippen molar-refractivity contribution in [2.24, 2.45) is 5.73 Å². The third kappa shape index (κ3) is 3.96. The Kier molecular flexibility index (Phi) is 6.09. The second-order valence-corrected chi connectivity index (χ2v) is 4.77. The van der Waals surface area contributed by atoms with Gasteiger partial charge in [0.1, 0.15) is 4.99 Å². The summed E-state index contributed by atoms with van der Waals surface area (Å²) in [6.45, 7) is 8.57. The molecule has 18 heavy (non-hydrogen) atoms. The Labute approximate surface area is 116 Å². The number of benzene rings is 1. The van der Waals surface area contributed by atoms with Gasteiger partial charge in [0.25, 0.3) is 0 Å². The molecule has 1 aromatic rings. The van der Waals surface area contributed by atoms with Crippen LogP contribution in [0.25, 0.3) is 0 Å². The quantitative estimate of drug-likeness (QED) is 0.765. The van der Waals surface area contributed by atoms with Crippen LogP contribution in [0.1, 0.15) is 19.4 Å². The van der Waals surface area contributed by atoms with Crippen LogP contribution in [-0.4, -0.2) is 43.1 Å². The van der Waals surface area contributed by atoms with Gasteiger partial charge in [-0.3, -0.25) is 0 Å². The van der Waals surface area contributed by atoms with Crippen LogP contribution in [0.4, 0.5) is 5.69 Å². The molecule has 1 rings (SSSR count). The minimum Gasteiger partial charge on any atom is -0.389 e. The Balaban J connectivity index is 2.72. The zero-order valence-electron chi connectivity index (χ0n) is 11.5. The molecule has 0 aliphatic rings. The van der Waals surface area contributed by atoms with Gasteiger partial charge in [-0.25, -0.2) is 0 Å². The first-order valence-corrected chi connectivity index (χ1v) is 6.83. The summed E-state index contributed by atoms with van der Waals surface area (Å²) in [5.74, 6) is 0. The van der Waals surface area contributed by atoms with E-state index in [1.54, 1.807) is 0 Å². The molecule has 0 saturated carbocycles. The summed E-state index contributed by atoms with van der Waals surface area (Å²) in [5.41, 5.74) is 7.82. The number of nitrogens with zero attached hydrogens (tertiary/aromatic N) is 2. The predicted octanol–water partition coefficient (Wildman–Crippen LogP) is 2.10. The monoisotopic (exact) mass is 265 g/mol. The summed E-state index contributed by atoms with van der Waals surface area (Å²) in [4.78, 5) is 5.08. The Hall–Kier alpha value is -1.13. The van der Waals surface area contributed by atoms with Gasteiger partial charge in [0.05, 0.1) is 0 Å². The van der Waals surface area contributed by atoms with Gasteiger partial charge in [0.15, 0.2) is 0 Å². The first-order valence-electron chi connectivity index (χ1n) is 6.42. The molecular weight excluding hydrogens is 242 g/mol. The Morgan fingerprint density at radius 1 is 1.17 bits per heavy atom. The normalized spacial score (nSPS) is 10.7. The number of para-hydroxylation sites is 1. The average Bonchev–Trinajstić information content (AvgIpc) is 2.39. The van der Waals surface area contributed by atoms with Gasteiger partial charge in [-0.05, 0) is 25.2 Å². The molecule has 3 nitrogen and oxygen atoms in total. The highest BCUT2D eigenvalue weighted by molar-refractivity contribution is 7.80. The maximum absolute atomic E-state index is 5.76. The lowest BCUT2D eigenvalue weighted by atomic mass is 10.1. The maximum atomic E-state index is 5.76. The van der Waals surface area contributed by atoms with Crippen molar-refractivity contribution in [1.29, 1.82) is 0 Å². The van der Waals surface area contributed by atoms with Crippen molar-refractivity contribution < 1.29 is 0 Å². The first kappa shape index (κ1) is 14.9. The Morgan fingerprint density at radius 2 is 1.78 bits per heavy atom. The van der Waals surface area contributed by atoms with Gasteiger partial charge in [-0.1, -0.05) is 38.2 Å². The van der Waals surface area contributed by atoms with Gasteiger partial charge >= 0.3 is 0 Å². The highest BCUT2D eigenvalue weighted by Gasteiger charge is 2.09. The van der Waals surface area contributed by atoms with Gasteiger partial charge in [0, 0.05) is 31.4 Å². The molecule has 0 spiro atoms. The van der Waals surface area contributed by atoms with Crippen molar-refractivity contribution in [3.63, 3.8) is 0 Å². The van der Waals surface area contributed by atoms with E-state index in [0.29, 0.717) is 4.99 Å². The van der Waals surface area contributed by atoms with Crippen molar-refractivity contribution in [1.82, 2.24) is 4.90 Å². The van der Waals surface area contributed by atoms with Gasteiger partial charge in [0.2, 0.25) is 0 Å². The zero-order valence-corrected chi connectivity index (χ0v) is 12.3. The summed E-state index contributed by atoms with van der Waals surface area (Å²) in [7, 11) is 2.08. The summed E-state index contributed by atoms with van der Waals surface area (Å²) >= 11 is 5.09. The second kappa shape index (κ2) is 7.34. The van der Waals surface area contributed by atoms with E-state index in [1.165, 1.54) is 0 Å². The summed E-state index contributed by atoms with van der Waals surface area (Å²) in [5, 5.41) is 0. The van der Waals surface area contributed by atoms with Crippen LogP contribution in [0.15, 0.2) is 24.3 Å². The van der Waals surface area contributed by atoms with Crippen LogP contribution in [0.3, 0.4) is 0 Å². The van der Waals surface area contributed by atoms with Crippen LogP contribution in [-0.2, 0) is 0 Å². The molecule has 0 saturated heterocycles. The molecule has 1 aromatic carbocycles. The molecule has 0 atom stereocenters. The molecule has 0 fully saturated rings. The first-order chi connectivity index (χ1) is 8.60. The van der Waals surface area contributed by atoms with E-state index in [0.717, 1.165) is 37.4 Å². The number of thiocarbonyl (C=S) groups is 1. The molecule has 4 heteroatoms. The minimum absolute atomic E-state index is 0.459. The number of hydrogen-bond acceptors (Lipinski definition) is 3. The standard InChI is InChI=1S/C14H23N3S/c1-4-17(5-2)11-10-16(3)13-9-7-6-8-12(13)14(15)18/h6-9H,4-5,10-11H2,1-3H3,(H2,15,18). The lowest BCUT2D eigenvalue weighted by Crippen LogP contribution is -2.33. The highest BCUT2D eigenvalue weighted by Crippen LogP contribution is 2.18.